The number of ether oxygens (including phenoxy) is 1. The zero-order valence-corrected chi connectivity index (χ0v) is 19.0. The van der Waals surface area contributed by atoms with E-state index >= 15 is 0 Å². The summed E-state index contributed by atoms with van der Waals surface area (Å²) in [5, 5.41) is 11.5. The maximum atomic E-state index is 12.6. The number of esters is 1. The molecule has 0 N–H and O–H groups in total. The zero-order valence-electron chi connectivity index (χ0n) is 18.2. The van der Waals surface area contributed by atoms with Gasteiger partial charge in [-0.15, -0.1) is 11.3 Å². The van der Waals surface area contributed by atoms with Gasteiger partial charge in [-0.1, -0.05) is 0 Å². The van der Waals surface area contributed by atoms with Crippen LogP contribution in [0.15, 0.2) is 51.1 Å². The molecule has 5 rings (SSSR count). The quantitative estimate of drug-likeness (QED) is 0.365. The average molecular weight is 491 g/mol. The van der Waals surface area contributed by atoms with Crippen LogP contribution in [-0.4, -0.2) is 69.5 Å². The Bertz CT molecular complexity index is 1370. The van der Waals surface area contributed by atoms with E-state index in [-0.39, 0.29) is 23.2 Å². The van der Waals surface area contributed by atoms with Crippen molar-refractivity contribution in [3.05, 3.63) is 53.6 Å². The van der Waals surface area contributed by atoms with Crippen LogP contribution in [0.4, 0.5) is 5.88 Å². The van der Waals surface area contributed by atoms with E-state index in [4.69, 9.17) is 13.6 Å². The summed E-state index contributed by atoms with van der Waals surface area (Å²) in [5.74, 6) is 0.366. The molecular weight excluding hydrogens is 474 g/mol. The lowest BCUT2D eigenvalue weighted by Gasteiger charge is -2.34. The van der Waals surface area contributed by atoms with Crippen LogP contribution in [0.2, 0.25) is 0 Å². The number of aromatic nitrogens is 4. The number of hydrogen-bond acceptors (Lipinski definition) is 12. The molecule has 176 valence electrons. The van der Waals surface area contributed by atoms with E-state index in [0.717, 1.165) is 0 Å². The molecule has 0 spiro atoms. The van der Waals surface area contributed by atoms with E-state index in [1.165, 1.54) is 17.6 Å². The first-order valence-corrected chi connectivity index (χ1v) is 11.4. The molecule has 1 aliphatic heterocycles. The highest BCUT2D eigenvalue weighted by Gasteiger charge is 2.27. The van der Waals surface area contributed by atoms with E-state index < -0.39 is 12.6 Å². The Morgan fingerprint density at radius 3 is 2.66 bits per heavy atom. The molecule has 35 heavy (non-hydrogen) atoms. The minimum absolute atomic E-state index is 0.0942. The Balaban J connectivity index is 1.14. The smallest absolute Gasteiger partial charge is 0.358 e. The Labute approximate surface area is 202 Å². The van der Waals surface area contributed by atoms with E-state index in [0.29, 0.717) is 48.7 Å². The summed E-state index contributed by atoms with van der Waals surface area (Å²) >= 11 is 1.21. The number of rotatable bonds is 6. The predicted molar refractivity (Wildman–Crippen MR) is 121 cm³/mol. The highest BCUT2D eigenvalue weighted by molar-refractivity contribution is 7.13. The fourth-order valence-electron chi connectivity index (χ4n) is 3.44. The van der Waals surface area contributed by atoms with Crippen molar-refractivity contribution in [1.82, 2.24) is 24.8 Å². The summed E-state index contributed by atoms with van der Waals surface area (Å²) in [6.07, 6.45) is 4.66. The number of piperazine rings is 1. The van der Waals surface area contributed by atoms with E-state index in [9.17, 15) is 14.9 Å². The van der Waals surface area contributed by atoms with Gasteiger partial charge < -0.3 is 23.4 Å². The monoisotopic (exact) mass is 491 g/mol. The van der Waals surface area contributed by atoms with Gasteiger partial charge in [-0.2, -0.15) is 10.2 Å². The third kappa shape index (κ3) is 4.73. The average Bonchev–Trinajstić information content (AvgIpc) is 3.68. The first-order valence-electron chi connectivity index (χ1n) is 10.5. The number of nitriles is 1. The van der Waals surface area contributed by atoms with Gasteiger partial charge in [0.1, 0.15) is 6.07 Å². The molecule has 1 amide bonds. The van der Waals surface area contributed by atoms with Gasteiger partial charge in [0.25, 0.3) is 11.8 Å². The minimum atomic E-state index is -0.693. The van der Waals surface area contributed by atoms with Gasteiger partial charge in [0.15, 0.2) is 28.9 Å². The van der Waals surface area contributed by atoms with Crippen molar-refractivity contribution in [3.63, 3.8) is 0 Å². The van der Waals surface area contributed by atoms with E-state index in [1.807, 2.05) is 11.0 Å². The van der Waals surface area contributed by atoms with Gasteiger partial charge in [-0.05, 0) is 18.2 Å². The number of oxazole rings is 1. The van der Waals surface area contributed by atoms with Gasteiger partial charge in [-0.3, -0.25) is 4.79 Å². The van der Waals surface area contributed by atoms with Gasteiger partial charge >= 0.3 is 5.97 Å². The fraction of sp³-hybridized carbons (Fsp3) is 0.227. The molecule has 0 radical (unpaired) electrons. The first-order chi connectivity index (χ1) is 17.1. The number of hydrogen-bond donors (Lipinski definition) is 0. The lowest BCUT2D eigenvalue weighted by molar-refractivity contribution is -0.134. The molecule has 1 aliphatic rings. The van der Waals surface area contributed by atoms with Gasteiger partial charge in [-0.25, -0.2) is 19.7 Å². The number of carbonyl (C=O) groups is 2. The van der Waals surface area contributed by atoms with Crippen molar-refractivity contribution in [3.8, 4) is 28.6 Å². The normalized spacial score (nSPS) is 13.5. The molecule has 12 nitrogen and oxygen atoms in total. The summed E-state index contributed by atoms with van der Waals surface area (Å²) < 4.78 is 16.2. The van der Waals surface area contributed by atoms with Crippen molar-refractivity contribution < 1.29 is 23.2 Å². The summed E-state index contributed by atoms with van der Waals surface area (Å²) in [4.78, 5) is 44.9. The molecular formula is C22H17N7O5S. The maximum absolute atomic E-state index is 12.6. The van der Waals surface area contributed by atoms with Crippen LogP contribution < -0.4 is 4.90 Å². The third-order valence-electron chi connectivity index (χ3n) is 5.16. The summed E-state index contributed by atoms with van der Waals surface area (Å²) in [7, 11) is 0. The van der Waals surface area contributed by atoms with Crippen molar-refractivity contribution in [2.45, 2.75) is 0 Å². The molecule has 0 aromatic carbocycles. The Morgan fingerprint density at radius 2 is 1.94 bits per heavy atom. The second-order valence-corrected chi connectivity index (χ2v) is 8.17. The number of amides is 1. The highest BCUT2D eigenvalue weighted by atomic mass is 32.1. The van der Waals surface area contributed by atoms with Gasteiger partial charge in [0.05, 0.1) is 6.26 Å². The second kappa shape index (κ2) is 9.74. The number of nitrogens with zero attached hydrogens (tertiary/aromatic N) is 7. The van der Waals surface area contributed by atoms with Crippen LogP contribution in [0.3, 0.4) is 0 Å². The molecule has 0 saturated carbocycles. The standard InChI is InChI=1S/C22H17N7O5S/c23-11-14-21(34-19(26-14)16-3-1-10-32-16)29-8-6-28(7-9-29)17(30)12-33-22(31)15-13-35-20(27-15)18-24-4-2-5-25-18/h1-5,10,13H,6-9,12H2. The zero-order chi connectivity index (χ0) is 24.2. The summed E-state index contributed by atoms with van der Waals surface area (Å²) in [6.45, 7) is 1.18. The van der Waals surface area contributed by atoms with Crippen molar-refractivity contribution in [1.29, 1.82) is 5.26 Å². The van der Waals surface area contributed by atoms with Crippen LogP contribution in [0, 0.1) is 11.3 Å². The van der Waals surface area contributed by atoms with Crippen molar-refractivity contribution >= 4 is 29.1 Å². The molecule has 13 heteroatoms. The second-order valence-electron chi connectivity index (χ2n) is 7.32. The maximum Gasteiger partial charge on any atom is 0.358 e. The highest BCUT2D eigenvalue weighted by Crippen LogP contribution is 2.29. The number of furan rings is 1. The number of thiazole rings is 1. The first kappa shape index (κ1) is 22.2. The molecule has 5 heterocycles. The summed E-state index contributed by atoms with van der Waals surface area (Å²) in [5.41, 5.74) is 0.241. The number of anilines is 1. The van der Waals surface area contributed by atoms with Gasteiger partial charge in [0.2, 0.25) is 11.6 Å². The molecule has 0 atom stereocenters. The van der Waals surface area contributed by atoms with Crippen LogP contribution in [0.1, 0.15) is 16.2 Å². The van der Waals surface area contributed by atoms with E-state index in [1.54, 1.807) is 40.9 Å². The number of carbonyl (C=O) groups excluding carboxylic acids is 2. The Morgan fingerprint density at radius 1 is 1.14 bits per heavy atom. The lowest BCUT2D eigenvalue weighted by atomic mass is 10.3. The van der Waals surface area contributed by atoms with Crippen LogP contribution >= 0.6 is 11.3 Å². The molecule has 0 bridgehead atoms. The van der Waals surface area contributed by atoms with Crippen LogP contribution in [0.5, 0.6) is 0 Å². The SMILES string of the molecule is N#Cc1nc(-c2ccco2)oc1N1CCN(C(=O)COC(=O)c2csc(-c3ncccn3)n2)CC1. The predicted octanol–water partition coefficient (Wildman–Crippen LogP) is 2.23. The third-order valence-corrected chi connectivity index (χ3v) is 6.00. The van der Waals surface area contributed by atoms with Crippen LogP contribution in [0.25, 0.3) is 22.5 Å². The van der Waals surface area contributed by atoms with Crippen molar-refractivity contribution in [2.24, 2.45) is 0 Å². The summed E-state index contributed by atoms with van der Waals surface area (Å²) in [6, 6.07) is 7.11. The van der Waals surface area contributed by atoms with Gasteiger partial charge in [0, 0.05) is 44.0 Å². The fourth-order valence-corrected chi connectivity index (χ4v) is 4.17. The topological polar surface area (TPSA) is 151 Å². The molecule has 1 saturated heterocycles. The van der Waals surface area contributed by atoms with Crippen LogP contribution in [-0.2, 0) is 9.53 Å². The lowest BCUT2D eigenvalue weighted by Crippen LogP contribution is -2.50. The molecule has 0 unspecified atom stereocenters. The largest absolute Gasteiger partial charge is 0.459 e. The molecule has 0 aliphatic carbocycles. The molecule has 4 aromatic heterocycles. The Hall–Kier alpha value is -4.57. The molecule has 1 fully saturated rings. The van der Waals surface area contributed by atoms with Crippen molar-refractivity contribution in [2.75, 3.05) is 37.7 Å². The minimum Gasteiger partial charge on any atom is -0.459 e. The van der Waals surface area contributed by atoms with E-state index in [2.05, 4.69) is 19.9 Å². The Kier molecular flexibility index (Phi) is 6.18. The molecule has 4 aromatic rings.